The fourth-order valence-electron chi connectivity index (χ4n) is 3.33. The van der Waals surface area contributed by atoms with Crippen molar-refractivity contribution >= 4 is 27.3 Å². The van der Waals surface area contributed by atoms with E-state index in [0.29, 0.717) is 56.0 Å². The first-order valence-electron chi connectivity index (χ1n) is 12.3. The Kier molecular flexibility index (Phi) is 15.8. The van der Waals surface area contributed by atoms with Gasteiger partial charge in [-0.1, -0.05) is 19.8 Å². The molecule has 214 valence electrons. The molecule has 0 bridgehead atoms. The number of esters is 1. The Bertz CT molecular complexity index is 768. The first-order valence-corrected chi connectivity index (χ1v) is 15.6. The molecule has 0 aliphatic carbocycles. The topological polar surface area (TPSA) is 169 Å². The van der Waals surface area contributed by atoms with Crippen LogP contribution in [0.15, 0.2) is 0 Å². The summed E-state index contributed by atoms with van der Waals surface area (Å²) in [7, 11) is -2.43. The van der Waals surface area contributed by atoms with Gasteiger partial charge in [0.2, 0.25) is 5.91 Å². The second kappa shape index (κ2) is 16.2. The molecule has 0 aromatic heterocycles. The van der Waals surface area contributed by atoms with Crippen LogP contribution in [0.3, 0.4) is 0 Å². The monoisotopic (exact) mass is 561 g/mol. The van der Waals surface area contributed by atoms with E-state index in [9.17, 15) is 23.6 Å². The summed E-state index contributed by atoms with van der Waals surface area (Å²) in [6.45, 7) is 5.46. The summed E-state index contributed by atoms with van der Waals surface area (Å²) < 4.78 is 38.3. The average Bonchev–Trinajstić information content (AvgIpc) is 2.71. The van der Waals surface area contributed by atoms with Crippen molar-refractivity contribution in [2.24, 2.45) is 5.41 Å². The number of carbonyl (C=O) groups excluding carboxylic acids is 2. The Labute approximate surface area is 215 Å². The van der Waals surface area contributed by atoms with Crippen LogP contribution in [0.1, 0.15) is 65.7 Å². The van der Waals surface area contributed by atoms with E-state index in [0.717, 1.165) is 0 Å². The second-order valence-corrected chi connectivity index (χ2v) is 13.7. The molecule has 0 rings (SSSR count). The highest BCUT2D eigenvalue weighted by molar-refractivity contribution is 7.51. The molecule has 0 aliphatic heterocycles. The maximum absolute atomic E-state index is 12.7. The van der Waals surface area contributed by atoms with Crippen molar-refractivity contribution in [1.29, 1.82) is 0 Å². The van der Waals surface area contributed by atoms with Gasteiger partial charge >= 0.3 is 21.4 Å². The quantitative estimate of drug-likeness (QED) is 0.0750. The number of unbranched alkanes of at least 4 members (excludes halogenated alkanes) is 3. The Morgan fingerprint density at radius 1 is 0.972 bits per heavy atom. The number of hydrogen-bond acceptors (Lipinski definition) is 7. The van der Waals surface area contributed by atoms with Gasteiger partial charge < -0.3 is 29.2 Å². The molecule has 4 N–H and O–H groups in total. The van der Waals surface area contributed by atoms with Crippen LogP contribution in [0.25, 0.3) is 0 Å². The number of carbonyl (C=O) groups is 2. The molecule has 0 saturated carbocycles. The van der Waals surface area contributed by atoms with Gasteiger partial charge in [0.05, 0.1) is 33.2 Å². The zero-order chi connectivity index (χ0) is 28.0. The third-order valence-electron chi connectivity index (χ3n) is 5.63. The van der Waals surface area contributed by atoms with Gasteiger partial charge in [-0.25, -0.2) is 4.57 Å². The predicted octanol–water partition coefficient (Wildman–Crippen LogP) is 2.81. The lowest BCUT2D eigenvalue weighted by molar-refractivity contribution is -0.870. The van der Waals surface area contributed by atoms with Crippen LogP contribution in [0.5, 0.6) is 0 Å². The smallest absolute Gasteiger partial charge is 0.463 e. The molecule has 14 heteroatoms. The largest absolute Gasteiger partial charge is 0.472 e. The Hall–Kier alpha value is -0.840. The van der Waals surface area contributed by atoms with E-state index < -0.39 is 26.8 Å². The van der Waals surface area contributed by atoms with Crippen LogP contribution in [0.2, 0.25) is 0 Å². The van der Waals surface area contributed by atoms with Crippen LogP contribution < -0.4 is 5.32 Å². The summed E-state index contributed by atoms with van der Waals surface area (Å²) in [5, 5.41) is 2.87. The minimum absolute atomic E-state index is 0.0468. The lowest BCUT2D eigenvalue weighted by Gasteiger charge is -2.29. The van der Waals surface area contributed by atoms with E-state index in [2.05, 4.69) is 5.32 Å². The van der Waals surface area contributed by atoms with E-state index >= 15 is 0 Å². The number of likely N-dealkylation sites (N-methyl/N-ethyl adjacent to an activating group) is 1. The van der Waals surface area contributed by atoms with Gasteiger partial charge in [-0.15, -0.1) is 0 Å². The van der Waals surface area contributed by atoms with E-state index in [1.807, 2.05) is 28.1 Å². The second-order valence-electron chi connectivity index (χ2n) is 10.4. The first-order chi connectivity index (χ1) is 16.4. The summed E-state index contributed by atoms with van der Waals surface area (Å²) in [6.07, 6.45) is 3.35. The van der Waals surface area contributed by atoms with Crippen molar-refractivity contribution in [2.45, 2.75) is 71.8 Å². The first kappa shape index (κ1) is 35.2. The lowest BCUT2D eigenvalue weighted by Crippen LogP contribution is -2.40. The fourth-order valence-corrected chi connectivity index (χ4v) is 4.66. The van der Waals surface area contributed by atoms with Gasteiger partial charge in [0.1, 0.15) is 19.8 Å². The molecule has 0 heterocycles. The number of rotatable bonds is 20. The Balaban J connectivity index is 4.33. The number of amides is 1. The number of nitrogens with one attached hydrogen (secondary N) is 1. The third-order valence-corrected chi connectivity index (χ3v) is 7.54. The number of quaternary nitrogens is 1. The van der Waals surface area contributed by atoms with Crippen LogP contribution in [0, 0.1) is 5.41 Å². The Morgan fingerprint density at radius 2 is 1.56 bits per heavy atom. The summed E-state index contributed by atoms with van der Waals surface area (Å²) in [6, 6.07) is -0.284. The molecule has 0 saturated heterocycles. The molecule has 0 spiro atoms. The van der Waals surface area contributed by atoms with E-state index in [-0.39, 0.29) is 37.9 Å². The molecular weight excluding hydrogens is 514 g/mol. The van der Waals surface area contributed by atoms with Gasteiger partial charge in [-0.05, 0) is 39.5 Å². The SMILES string of the molecule is CCC(C)(CC(C)NC(=O)CCCCCCP(=O)(O)O)C(=O)OCCOP(=O)(O)OCC[N+](C)(C)C. The van der Waals surface area contributed by atoms with E-state index in [1.54, 1.807) is 13.8 Å². The van der Waals surface area contributed by atoms with Crippen LogP contribution in [0.4, 0.5) is 0 Å². The van der Waals surface area contributed by atoms with Crippen molar-refractivity contribution in [3.8, 4) is 0 Å². The van der Waals surface area contributed by atoms with Gasteiger partial charge in [0, 0.05) is 18.6 Å². The Morgan fingerprint density at radius 3 is 2.11 bits per heavy atom. The third kappa shape index (κ3) is 18.4. The maximum atomic E-state index is 12.7. The standard InChI is InChI=1S/C22H46N2O10P2/c1-7-22(3,18-19(2)23-20(25)12-10-8-9-11-17-35(27,28)29)21(26)32-15-16-34-36(30,31)33-14-13-24(4,5)6/h19H,7-18H2,1-6H3,(H3-,23,25,27,28,29,30,31)/p+1. The summed E-state index contributed by atoms with van der Waals surface area (Å²) in [4.78, 5) is 52.2. The zero-order valence-corrected chi connectivity index (χ0v) is 24.4. The minimum atomic E-state index is -4.23. The molecule has 0 radical (unpaired) electrons. The van der Waals surface area contributed by atoms with Crippen molar-refractivity contribution in [2.75, 3.05) is 53.7 Å². The molecule has 36 heavy (non-hydrogen) atoms. The molecule has 0 aromatic carbocycles. The van der Waals surface area contributed by atoms with Gasteiger partial charge in [-0.2, -0.15) is 0 Å². The van der Waals surface area contributed by atoms with Crippen LogP contribution in [-0.2, 0) is 32.5 Å². The molecule has 1 amide bonds. The van der Waals surface area contributed by atoms with Crippen molar-refractivity contribution < 1.29 is 51.7 Å². The van der Waals surface area contributed by atoms with Crippen molar-refractivity contribution in [3.63, 3.8) is 0 Å². The fraction of sp³-hybridized carbons (Fsp3) is 0.909. The van der Waals surface area contributed by atoms with Gasteiger partial charge in [-0.3, -0.25) is 23.2 Å². The molecule has 12 nitrogen and oxygen atoms in total. The number of phosphoric ester groups is 1. The molecule has 0 aliphatic rings. The number of hydrogen-bond donors (Lipinski definition) is 4. The predicted molar refractivity (Wildman–Crippen MR) is 136 cm³/mol. The molecule has 3 atom stereocenters. The highest BCUT2D eigenvalue weighted by atomic mass is 31.2. The normalized spacial score (nSPS) is 16.6. The maximum Gasteiger partial charge on any atom is 0.472 e. The average molecular weight is 562 g/mol. The molecule has 0 aromatic rings. The van der Waals surface area contributed by atoms with Gasteiger partial charge in [0.25, 0.3) is 0 Å². The summed E-state index contributed by atoms with van der Waals surface area (Å²) >= 11 is 0. The van der Waals surface area contributed by atoms with Crippen molar-refractivity contribution in [1.82, 2.24) is 5.32 Å². The number of phosphoric acid groups is 1. The van der Waals surface area contributed by atoms with E-state index in [4.69, 9.17) is 23.6 Å². The van der Waals surface area contributed by atoms with Crippen molar-refractivity contribution in [3.05, 3.63) is 0 Å². The minimum Gasteiger partial charge on any atom is -0.463 e. The highest BCUT2D eigenvalue weighted by Gasteiger charge is 2.35. The lowest BCUT2D eigenvalue weighted by atomic mass is 9.81. The summed E-state index contributed by atoms with van der Waals surface area (Å²) in [5.74, 6) is -0.639. The van der Waals surface area contributed by atoms with Crippen LogP contribution >= 0.6 is 15.4 Å². The molecular formula is C22H47N2O10P2+. The molecule has 3 unspecified atom stereocenters. The molecule has 0 fully saturated rings. The number of ether oxygens (including phenoxy) is 1. The van der Waals surface area contributed by atoms with Crippen LogP contribution in [-0.4, -0.2) is 90.8 Å². The number of nitrogens with zero attached hydrogens (tertiary/aromatic N) is 1. The highest BCUT2D eigenvalue weighted by Crippen LogP contribution is 2.43. The van der Waals surface area contributed by atoms with Gasteiger partial charge in [0.15, 0.2) is 0 Å². The summed E-state index contributed by atoms with van der Waals surface area (Å²) in [5.41, 5.74) is -0.862. The van der Waals surface area contributed by atoms with E-state index in [1.165, 1.54) is 0 Å². The zero-order valence-electron chi connectivity index (χ0n) is 22.6.